The largest absolute Gasteiger partial charge is 0.468 e. The summed E-state index contributed by atoms with van der Waals surface area (Å²) in [5.41, 5.74) is 1.05. The van der Waals surface area contributed by atoms with Crippen LogP contribution in [0.1, 0.15) is 31.2 Å². The van der Waals surface area contributed by atoms with Crippen molar-refractivity contribution in [3.8, 4) is 12.3 Å². The molecular weight excluding hydrogens is 274 g/mol. The molecule has 1 N–H and O–H groups in total. The molecule has 1 aromatic carbocycles. The van der Waals surface area contributed by atoms with Gasteiger partial charge < -0.3 is 9.52 Å². The zero-order chi connectivity index (χ0) is 15.9. The summed E-state index contributed by atoms with van der Waals surface area (Å²) in [7, 11) is 0. The number of hydrogen-bond donors (Lipinski definition) is 1. The Balaban J connectivity index is 2.35. The van der Waals surface area contributed by atoms with Gasteiger partial charge in [-0.15, -0.1) is 6.42 Å². The van der Waals surface area contributed by atoms with Gasteiger partial charge in [0.15, 0.2) is 0 Å². The highest BCUT2D eigenvalue weighted by molar-refractivity contribution is 5.21. The van der Waals surface area contributed by atoms with Gasteiger partial charge in [-0.25, -0.2) is 0 Å². The Bertz CT molecular complexity index is 584. The van der Waals surface area contributed by atoms with E-state index in [2.05, 4.69) is 24.7 Å². The van der Waals surface area contributed by atoms with Crippen molar-refractivity contribution in [1.29, 1.82) is 0 Å². The molecule has 2 rings (SSSR count). The molecule has 3 heteroatoms. The molecule has 22 heavy (non-hydrogen) atoms. The molecule has 0 amide bonds. The van der Waals surface area contributed by atoms with E-state index >= 15 is 0 Å². The summed E-state index contributed by atoms with van der Waals surface area (Å²) in [5.74, 6) is 3.99. The normalized spacial score (nSPS) is 14.0. The third kappa shape index (κ3) is 3.79. The summed E-state index contributed by atoms with van der Waals surface area (Å²) in [4.78, 5) is 2.14. The summed E-state index contributed by atoms with van der Waals surface area (Å²) in [6, 6.07) is 13.5. The van der Waals surface area contributed by atoms with Crippen LogP contribution in [0.3, 0.4) is 0 Å². The van der Waals surface area contributed by atoms with Gasteiger partial charge >= 0.3 is 0 Å². The molecule has 116 valence electrons. The first-order chi connectivity index (χ1) is 10.7. The molecule has 0 aliphatic carbocycles. The van der Waals surface area contributed by atoms with Crippen molar-refractivity contribution in [2.75, 3.05) is 6.61 Å². The Labute approximate surface area is 132 Å². The molecule has 0 bridgehead atoms. The lowest BCUT2D eigenvalue weighted by Crippen LogP contribution is -2.41. The molecule has 0 unspecified atom stereocenters. The minimum absolute atomic E-state index is 0.00955. The van der Waals surface area contributed by atoms with Gasteiger partial charge in [0.05, 0.1) is 31.5 Å². The van der Waals surface area contributed by atoms with Gasteiger partial charge in [-0.05, 0) is 23.6 Å². The zero-order valence-electron chi connectivity index (χ0n) is 13.1. The number of hydrogen-bond acceptors (Lipinski definition) is 3. The van der Waals surface area contributed by atoms with Crippen molar-refractivity contribution in [3.63, 3.8) is 0 Å². The van der Waals surface area contributed by atoms with E-state index in [1.165, 1.54) is 0 Å². The van der Waals surface area contributed by atoms with E-state index in [0.717, 1.165) is 11.3 Å². The van der Waals surface area contributed by atoms with E-state index in [4.69, 9.17) is 10.8 Å². The standard InChI is InChI=1S/C19H23NO2/c1-4-18(15(2)3)20(13-17-11-8-12-22-17)19(14-21)16-9-6-5-7-10-16/h1,5-12,15,18-19,21H,13-14H2,2-3H3/t18-,19-/m0/s1. The second-order valence-corrected chi connectivity index (χ2v) is 5.72. The number of furan rings is 1. The van der Waals surface area contributed by atoms with E-state index < -0.39 is 0 Å². The maximum atomic E-state index is 9.96. The van der Waals surface area contributed by atoms with Crippen LogP contribution in [0.15, 0.2) is 53.1 Å². The van der Waals surface area contributed by atoms with E-state index in [-0.39, 0.29) is 24.6 Å². The lowest BCUT2D eigenvalue weighted by Gasteiger charge is -2.36. The van der Waals surface area contributed by atoms with E-state index in [9.17, 15) is 5.11 Å². The quantitative estimate of drug-likeness (QED) is 0.795. The third-order valence-electron chi connectivity index (χ3n) is 3.84. The number of benzene rings is 1. The first kappa shape index (κ1) is 16.4. The van der Waals surface area contributed by atoms with Crippen LogP contribution in [-0.4, -0.2) is 22.7 Å². The fourth-order valence-corrected chi connectivity index (χ4v) is 2.73. The van der Waals surface area contributed by atoms with Crippen LogP contribution in [0.2, 0.25) is 0 Å². The Morgan fingerprint density at radius 2 is 1.91 bits per heavy atom. The third-order valence-corrected chi connectivity index (χ3v) is 3.84. The Hall–Kier alpha value is -2.02. The number of rotatable bonds is 7. The topological polar surface area (TPSA) is 36.6 Å². The number of aliphatic hydroxyl groups excluding tert-OH is 1. The van der Waals surface area contributed by atoms with E-state index in [1.807, 2.05) is 42.5 Å². The van der Waals surface area contributed by atoms with Crippen molar-refractivity contribution in [1.82, 2.24) is 4.90 Å². The van der Waals surface area contributed by atoms with Gasteiger partial charge in [-0.1, -0.05) is 50.1 Å². The van der Waals surface area contributed by atoms with Gasteiger partial charge in [0.2, 0.25) is 0 Å². The highest BCUT2D eigenvalue weighted by atomic mass is 16.3. The molecular formula is C19H23NO2. The molecule has 0 aliphatic heterocycles. The molecule has 1 heterocycles. The molecule has 1 aromatic heterocycles. The zero-order valence-corrected chi connectivity index (χ0v) is 13.1. The second-order valence-electron chi connectivity index (χ2n) is 5.72. The van der Waals surface area contributed by atoms with Crippen LogP contribution in [0.4, 0.5) is 0 Å². The van der Waals surface area contributed by atoms with Gasteiger partial charge in [-0.2, -0.15) is 0 Å². The highest BCUT2D eigenvalue weighted by Crippen LogP contribution is 2.27. The lowest BCUT2D eigenvalue weighted by atomic mass is 9.97. The fraction of sp³-hybridized carbons (Fsp3) is 0.368. The second kappa shape index (κ2) is 7.84. The van der Waals surface area contributed by atoms with Crippen LogP contribution in [0.25, 0.3) is 0 Å². The summed E-state index contributed by atoms with van der Waals surface area (Å²) in [5, 5.41) is 9.96. The van der Waals surface area contributed by atoms with Crippen LogP contribution in [0.5, 0.6) is 0 Å². The molecule has 0 saturated heterocycles. The summed E-state index contributed by atoms with van der Waals surface area (Å²) in [6.07, 6.45) is 7.43. The molecule has 0 aliphatic rings. The average molecular weight is 297 g/mol. The molecule has 0 spiro atoms. The SMILES string of the molecule is C#C[C@@H](C(C)C)N(Cc1ccco1)[C@@H](CO)c1ccccc1. The lowest BCUT2D eigenvalue weighted by molar-refractivity contribution is 0.0720. The van der Waals surface area contributed by atoms with Crippen LogP contribution in [0, 0.1) is 18.3 Å². The van der Waals surface area contributed by atoms with Crippen molar-refractivity contribution in [3.05, 3.63) is 60.1 Å². The predicted molar refractivity (Wildman–Crippen MR) is 88.0 cm³/mol. The maximum Gasteiger partial charge on any atom is 0.117 e. The monoisotopic (exact) mass is 297 g/mol. The molecule has 0 saturated carbocycles. The summed E-state index contributed by atoms with van der Waals surface area (Å²) >= 11 is 0. The van der Waals surface area contributed by atoms with Gasteiger partial charge in [0, 0.05) is 0 Å². The van der Waals surface area contributed by atoms with Crippen LogP contribution < -0.4 is 0 Å². The molecule has 3 nitrogen and oxygen atoms in total. The van der Waals surface area contributed by atoms with Crippen molar-refractivity contribution in [2.24, 2.45) is 5.92 Å². The molecule has 2 atom stereocenters. The highest BCUT2D eigenvalue weighted by Gasteiger charge is 2.28. The van der Waals surface area contributed by atoms with Gasteiger partial charge in [0.25, 0.3) is 0 Å². The Kier molecular flexibility index (Phi) is 5.83. The number of nitrogens with zero attached hydrogens (tertiary/aromatic N) is 1. The summed E-state index contributed by atoms with van der Waals surface area (Å²) in [6.45, 7) is 4.77. The number of aliphatic hydroxyl groups is 1. The predicted octanol–water partition coefficient (Wildman–Crippen LogP) is 3.47. The minimum Gasteiger partial charge on any atom is -0.468 e. The van der Waals surface area contributed by atoms with Crippen molar-refractivity contribution < 1.29 is 9.52 Å². The first-order valence-corrected chi connectivity index (χ1v) is 7.57. The number of terminal acetylenes is 1. The van der Waals surface area contributed by atoms with Crippen LogP contribution in [-0.2, 0) is 6.54 Å². The van der Waals surface area contributed by atoms with E-state index in [0.29, 0.717) is 6.54 Å². The fourth-order valence-electron chi connectivity index (χ4n) is 2.73. The van der Waals surface area contributed by atoms with Gasteiger partial charge in [0.1, 0.15) is 5.76 Å². The Morgan fingerprint density at radius 3 is 2.41 bits per heavy atom. The van der Waals surface area contributed by atoms with Crippen LogP contribution >= 0.6 is 0 Å². The molecule has 0 fully saturated rings. The maximum absolute atomic E-state index is 9.96. The summed E-state index contributed by atoms with van der Waals surface area (Å²) < 4.78 is 5.48. The smallest absolute Gasteiger partial charge is 0.117 e. The average Bonchev–Trinajstić information content (AvgIpc) is 3.02. The van der Waals surface area contributed by atoms with E-state index in [1.54, 1.807) is 6.26 Å². The molecule has 0 radical (unpaired) electrons. The minimum atomic E-state index is -0.158. The van der Waals surface area contributed by atoms with Crippen molar-refractivity contribution in [2.45, 2.75) is 32.5 Å². The Morgan fingerprint density at radius 1 is 1.18 bits per heavy atom. The molecule has 2 aromatic rings. The first-order valence-electron chi connectivity index (χ1n) is 7.57. The van der Waals surface area contributed by atoms with Gasteiger partial charge in [-0.3, -0.25) is 4.90 Å². The van der Waals surface area contributed by atoms with Crippen molar-refractivity contribution >= 4 is 0 Å².